The van der Waals surface area contributed by atoms with E-state index in [1.165, 1.54) is 11.4 Å². The molecule has 0 saturated carbocycles. The van der Waals surface area contributed by atoms with Gasteiger partial charge >= 0.3 is 0 Å². The number of aromatic nitrogens is 2. The molecule has 0 atom stereocenters. The van der Waals surface area contributed by atoms with E-state index in [9.17, 15) is 18.0 Å². The molecule has 1 aliphatic heterocycles. The molecule has 9 heteroatoms. The third kappa shape index (κ3) is 3.93. The van der Waals surface area contributed by atoms with E-state index >= 15 is 0 Å². The molecule has 0 unspecified atom stereocenters. The van der Waals surface area contributed by atoms with Crippen molar-refractivity contribution in [2.75, 3.05) is 26.2 Å². The minimum absolute atomic E-state index is 0.197. The van der Waals surface area contributed by atoms with E-state index < -0.39 is 10.0 Å². The SMILES string of the molecule is CC(C)c1ccc(S(=O)(=O)N2CCN(C(=O)c3nn(C)c(=O)c4ccccc34)CC2)cc1. The zero-order chi connectivity index (χ0) is 23.0. The summed E-state index contributed by atoms with van der Waals surface area (Å²) in [7, 11) is -2.12. The molecule has 8 nitrogen and oxygen atoms in total. The molecule has 0 spiro atoms. The van der Waals surface area contributed by atoms with Crippen molar-refractivity contribution in [1.82, 2.24) is 19.0 Å². The summed E-state index contributed by atoms with van der Waals surface area (Å²) in [6.07, 6.45) is 0. The van der Waals surface area contributed by atoms with Gasteiger partial charge in [-0.25, -0.2) is 13.1 Å². The van der Waals surface area contributed by atoms with Gasteiger partial charge in [-0.1, -0.05) is 44.2 Å². The van der Waals surface area contributed by atoms with Crippen LogP contribution in [0.1, 0.15) is 35.8 Å². The Labute approximate surface area is 187 Å². The number of piperazine rings is 1. The maximum Gasteiger partial charge on any atom is 0.275 e. The molecule has 168 valence electrons. The maximum atomic E-state index is 13.2. The molecule has 0 N–H and O–H groups in total. The first-order valence-electron chi connectivity index (χ1n) is 10.6. The van der Waals surface area contributed by atoms with Gasteiger partial charge in [0.15, 0.2) is 5.69 Å². The largest absolute Gasteiger partial charge is 0.335 e. The summed E-state index contributed by atoms with van der Waals surface area (Å²) in [6, 6.07) is 13.8. The fourth-order valence-corrected chi connectivity index (χ4v) is 5.33. The van der Waals surface area contributed by atoms with Gasteiger partial charge in [0.2, 0.25) is 10.0 Å². The molecule has 0 bridgehead atoms. The molecular formula is C23H26N4O4S. The van der Waals surface area contributed by atoms with Crippen LogP contribution in [-0.4, -0.2) is 59.5 Å². The van der Waals surface area contributed by atoms with Crippen molar-refractivity contribution in [2.24, 2.45) is 7.05 Å². The Kier molecular flexibility index (Phi) is 5.87. The summed E-state index contributed by atoms with van der Waals surface area (Å²) in [5, 5.41) is 5.13. The van der Waals surface area contributed by atoms with E-state index in [1.807, 2.05) is 12.1 Å². The van der Waals surface area contributed by atoms with Crippen molar-refractivity contribution in [1.29, 1.82) is 0 Å². The van der Waals surface area contributed by atoms with Crippen molar-refractivity contribution in [3.05, 3.63) is 70.1 Å². The first-order chi connectivity index (χ1) is 15.2. The number of nitrogens with zero attached hydrogens (tertiary/aromatic N) is 4. The van der Waals surface area contributed by atoms with Gasteiger partial charge in [0.1, 0.15) is 0 Å². The van der Waals surface area contributed by atoms with Gasteiger partial charge in [0.25, 0.3) is 11.5 Å². The summed E-state index contributed by atoms with van der Waals surface area (Å²) in [5.74, 6) is 0.0126. The average Bonchev–Trinajstić information content (AvgIpc) is 2.81. The van der Waals surface area contributed by atoms with Crippen LogP contribution in [0.5, 0.6) is 0 Å². The second-order valence-electron chi connectivity index (χ2n) is 8.24. The molecule has 2 aromatic carbocycles. The standard InChI is InChI=1S/C23H26N4O4S/c1-16(2)17-8-10-18(11-9-17)32(30,31)27-14-12-26(13-15-27)23(29)21-19-6-4-5-7-20(19)22(28)25(3)24-21/h4-11,16H,12-15H2,1-3H3. The van der Waals surface area contributed by atoms with Gasteiger partial charge in [0, 0.05) is 38.6 Å². The highest BCUT2D eigenvalue weighted by Gasteiger charge is 2.31. The molecule has 0 aliphatic carbocycles. The Morgan fingerprint density at radius 3 is 2.12 bits per heavy atom. The second kappa shape index (κ2) is 8.48. The van der Waals surface area contributed by atoms with Crippen LogP contribution in [0, 0.1) is 0 Å². The molecule has 32 heavy (non-hydrogen) atoms. The third-order valence-corrected chi connectivity index (χ3v) is 7.78. The molecule has 1 aromatic heterocycles. The first-order valence-corrected chi connectivity index (χ1v) is 12.0. The Bertz CT molecular complexity index is 1320. The van der Waals surface area contributed by atoms with Crippen LogP contribution in [0.2, 0.25) is 0 Å². The van der Waals surface area contributed by atoms with Gasteiger partial charge in [0.05, 0.1) is 10.3 Å². The summed E-state index contributed by atoms with van der Waals surface area (Å²) in [6.45, 7) is 5.01. The normalized spacial score (nSPS) is 15.4. The number of carbonyl (C=O) groups is 1. The van der Waals surface area contributed by atoms with Crippen LogP contribution in [0.4, 0.5) is 0 Å². The zero-order valence-electron chi connectivity index (χ0n) is 18.4. The lowest BCUT2D eigenvalue weighted by atomic mass is 10.0. The Morgan fingerprint density at radius 1 is 0.938 bits per heavy atom. The lowest BCUT2D eigenvalue weighted by molar-refractivity contribution is 0.0691. The highest BCUT2D eigenvalue weighted by molar-refractivity contribution is 7.89. The lowest BCUT2D eigenvalue weighted by Crippen LogP contribution is -2.50. The summed E-state index contributed by atoms with van der Waals surface area (Å²) < 4.78 is 28.7. The Morgan fingerprint density at radius 2 is 1.53 bits per heavy atom. The van der Waals surface area contributed by atoms with Crippen molar-refractivity contribution in [3.63, 3.8) is 0 Å². The highest BCUT2D eigenvalue weighted by atomic mass is 32.2. The van der Waals surface area contributed by atoms with Crippen molar-refractivity contribution in [2.45, 2.75) is 24.7 Å². The minimum Gasteiger partial charge on any atom is -0.335 e. The monoisotopic (exact) mass is 454 g/mol. The number of aryl methyl sites for hydroxylation is 1. The van der Waals surface area contributed by atoms with Gasteiger partial charge in [-0.15, -0.1) is 0 Å². The van der Waals surface area contributed by atoms with Crippen LogP contribution in [-0.2, 0) is 17.1 Å². The highest BCUT2D eigenvalue weighted by Crippen LogP contribution is 2.22. The summed E-state index contributed by atoms with van der Waals surface area (Å²) in [4.78, 5) is 27.4. The van der Waals surface area contributed by atoms with Crippen molar-refractivity contribution < 1.29 is 13.2 Å². The molecule has 0 radical (unpaired) electrons. The Balaban J connectivity index is 1.53. The number of fused-ring (bicyclic) bond motifs is 1. The van der Waals surface area contributed by atoms with Crippen LogP contribution < -0.4 is 5.56 Å². The number of rotatable bonds is 4. The number of carbonyl (C=O) groups excluding carboxylic acids is 1. The maximum absolute atomic E-state index is 13.2. The Hall–Kier alpha value is -3.04. The number of hydrogen-bond acceptors (Lipinski definition) is 5. The van der Waals surface area contributed by atoms with Crippen LogP contribution in [0.15, 0.2) is 58.2 Å². The van der Waals surface area contributed by atoms with Gasteiger partial charge < -0.3 is 4.90 Å². The first kappa shape index (κ1) is 22.2. The van der Waals surface area contributed by atoms with E-state index in [1.54, 1.807) is 41.3 Å². The predicted molar refractivity (Wildman–Crippen MR) is 122 cm³/mol. The molecule has 2 heterocycles. The third-order valence-electron chi connectivity index (χ3n) is 5.87. The predicted octanol–water partition coefficient (Wildman–Crippen LogP) is 2.20. The minimum atomic E-state index is -3.63. The van der Waals surface area contributed by atoms with Crippen LogP contribution in [0.3, 0.4) is 0 Å². The molecule has 1 fully saturated rings. The van der Waals surface area contributed by atoms with Crippen molar-refractivity contribution in [3.8, 4) is 0 Å². The average molecular weight is 455 g/mol. The van der Waals surface area contributed by atoms with E-state index in [4.69, 9.17) is 0 Å². The number of hydrogen-bond donors (Lipinski definition) is 0. The fourth-order valence-electron chi connectivity index (χ4n) is 3.91. The molecule has 4 rings (SSSR count). The number of sulfonamides is 1. The second-order valence-corrected chi connectivity index (χ2v) is 10.2. The summed E-state index contributed by atoms with van der Waals surface area (Å²) >= 11 is 0. The van der Waals surface area contributed by atoms with E-state index in [2.05, 4.69) is 18.9 Å². The molecule has 1 amide bonds. The molecule has 3 aromatic rings. The van der Waals surface area contributed by atoms with Crippen LogP contribution >= 0.6 is 0 Å². The van der Waals surface area contributed by atoms with Gasteiger partial charge in [-0.3, -0.25) is 9.59 Å². The topological polar surface area (TPSA) is 92.6 Å². The molecule has 1 aliphatic rings. The van der Waals surface area contributed by atoms with E-state index in [-0.39, 0.29) is 48.2 Å². The van der Waals surface area contributed by atoms with Crippen LogP contribution in [0.25, 0.3) is 10.8 Å². The van der Waals surface area contributed by atoms with Crippen molar-refractivity contribution >= 4 is 26.7 Å². The van der Waals surface area contributed by atoms with E-state index in [0.29, 0.717) is 16.7 Å². The van der Waals surface area contributed by atoms with E-state index in [0.717, 1.165) is 10.2 Å². The quantitative estimate of drug-likeness (QED) is 0.603. The fraction of sp³-hybridized carbons (Fsp3) is 0.348. The van der Waals surface area contributed by atoms with Gasteiger partial charge in [-0.2, -0.15) is 9.40 Å². The smallest absolute Gasteiger partial charge is 0.275 e. The zero-order valence-corrected chi connectivity index (χ0v) is 19.2. The summed E-state index contributed by atoms with van der Waals surface area (Å²) in [5.41, 5.74) is 1.01. The molecular weight excluding hydrogens is 428 g/mol. The lowest BCUT2D eigenvalue weighted by Gasteiger charge is -2.34. The molecule has 1 saturated heterocycles. The van der Waals surface area contributed by atoms with Gasteiger partial charge in [-0.05, 0) is 29.7 Å². The number of amides is 1. The number of benzene rings is 2.